The minimum absolute atomic E-state index is 0.111. The van der Waals surface area contributed by atoms with Crippen LogP contribution in [0.3, 0.4) is 0 Å². The number of likely N-dealkylation sites (tertiary alicyclic amines) is 1. The van der Waals surface area contributed by atoms with Gasteiger partial charge in [-0.2, -0.15) is 0 Å². The SMILES string of the molecule is CCC(=O)N1C[C@@H]2CCCN3CCC[C@@H]([C@H]23)[C@H]1CCCC(=O)NC. The summed E-state index contributed by atoms with van der Waals surface area (Å²) in [5, 5.41) is 2.71. The van der Waals surface area contributed by atoms with E-state index in [4.69, 9.17) is 0 Å². The van der Waals surface area contributed by atoms with E-state index in [9.17, 15) is 9.59 Å². The molecule has 0 saturated carbocycles. The first-order chi connectivity index (χ1) is 11.7. The summed E-state index contributed by atoms with van der Waals surface area (Å²) >= 11 is 0. The van der Waals surface area contributed by atoms with Crippen LogP contribution in [0, 0.1) is 11.8 Å². The fourth-order valence-electron chi connectivity index (χ4n) is 5.45. The van der Waals surface area contributed by atoms with Gasteiger partial charge in [-0.25, -0.2) is 0 Å². The Morgan fingerprint density at radius 3 is 2.62 bits per heavy atom. The molecule has 0 aromatic carbocycles. The maximum atomic E-state index is 12.6. The molecule has 0 aromatic rings. The molecule has 0 aromatic heterocycles. The molecule has 0 radical (unpaired) electrons. The summed E-state index contributed by atoms with van der Waals surface area (Å²) in [6.07, 6.45) is 8.08. The second kappa shape index (κ2) is 7.85. The molecule has 24 heavy (non-hydrogen) atoms. The van der Waals surface area contributed by atoms with Gasteiger partial charge in [0, 0.05) is 38.5 Å². The van der Waals surface area contributed by atoms with Crippen LogP contribution in [0.25, 0.3) is 0 Å². The summed E-state index contributed by atoms with van der Waals surface area (Å²) in [7, 11) is 1.70. The zero-order chi connectivity index (χ0) is 17.1. The van der Waals surface area contributed by atoms with Crippen LogP contribution in [0.1, 0.15) is 58.3 Å². The van der Waals surface area contributed by atoms with E-state index >= 15 is 0 Å². The molecular weight excluding hydrogens is 302 g/mol. The van der Waals surface area contributed by atoms with Gasteiger partial charge < -0.3 is 10.2 Å². The largest absolute Gasteiger partial charge is 0.359 e. The van der Waals surface area contributed by atoms with Gasteiger partial charge in [-0.05, 0) is 63.5 Å². The third kappa shape index (κ3) is 3.46. The number of nitrogens with one attached hydrogen (secondary N) is 1. The topological polar surface area (TPSA) is 52.7 Å². The lowest BCUT2D eigenvalue weighted by Crippen LogP contribution is -2.65. The van der Waals surface area contributed by atoms with Gasteiger partial charge in [-0.1, -0.05) is 6.92 Å². The van der Waals surface area contributed by atoms with E-state index in [2.05, 4.69) is 15.1 Å². The maximum Gasteiger partial charge on any atom is 0.222 e. The van der Waals surface area contributed by atoms with Crippen molar-refractivity contribution in [3.8, 4) is 0 Å². The molecule has 0 aliphatic carbocycles. The van der Waals surface area contributed by atoms with E-state index in [1.165, 1.54) is 38.8 Å². The van der Waals surface area contributed by atoms with Crippen molar-refractivity contribution < 1.29 is 9.59 Å². The lowest BCUT2D eigenvalue weighted by atomic mass is 9.69. The molecule has 4 atom stereocenters. The van der Waals surface area contributed by atoms with Crippen molar-refractivity contribution in [1.82, 2.24) is 15.1 Å². The monoisotopic (exact) mass is 335 g/mol. The number of hydrogen-bond acceptors (Lipinski definition) is 3. The molecule has 5 heteroatoms. The van der Waals surface area contributed by atoms with Crippen molar-refractivity contribution in [3.05, 3.63) is 0 Å². The number of nitrogens with zero attached hydrogens (tertiary/aromatic N) is 2. The van der Waals surface area contributed by atoms with Gasteiger partial charge in [0.25, 0.3) is 0 Å². The van der Waals surface area contributed by atoms with Crippen LogP contribution in [0.2, 0.25) is 0 Å². The molecule has 3 aliphatic rings. The Bertz CT molecular complexity index is 466. The van der Waals surface area contributed by atoms with Gasteiger partial charge in [0.15, 0.2) is 0 Å². The zero-order valence-corrected chi connectivity index (χ0v) is 15.3. The number of carbonyl (C=O) groups is 2. The minimum Gasteiger partial charge on any atom is -0.359 e. The standard InChI is InChI=1S/C19H33N3O2/c1-3-18(24)22-13-14-7-5-11-21-12-6-8-15(19(14)21)16(22)9-4-10-17(23)20-2/h14-16,19H,3-13H2,1-2H3,(H,20,23)/t14-,15+,16+,19-/m0/s1. The van der Waals surface area contributed by atoms with E-state index in [-0.39, 0.29) is 5.91 Å². The molecule has 3 fully saturated rings. The molecule has 3 saturated heterocycles. The summed E-state index contributed by atoms with van der Waals surface area (Å²) in [6.45, 7) is 5.40. The average Bonchev–Trinajstić information content (AvgIpc) is 2.62. The first-order valence-electron chi connectivity index (χ1n) is 9.89. The number of amides is 2. The van der Waals surface area contributed by atoms with Crippen molar-refractivity contribution in [2.24, 2.45) is 11.8 Å². The second-order valence-corrected chi connectivity index (χ2v) is 7.77. The zero-order valence-electron chi connectivity index (χ0n) is 15.3. The fourth-order valence-corrected chi connectivity index (χ4v) is 5.45. The predicted molar refractivity (Wildman–Crippen MR) is 94.5 cm³/mol. The van der Waals surface area contributed by atoms with Gasteiger partial charge in [0.2, 0.25) is 11.8 Å². The number of carbonyl (C=O) groups excluding carboxylic acids is 2. The molecule has 136 valence electrons. The van der Waals surface area contributed by atoms with E-state index in [0.717, 1.165) is 19.4 Å². The molecular formula is C19H33N3O2. The molecule has 5 nitrogen and oxygen atoms in total. The smallest absolute Gasteiger partial charge is 0.222 e. The summed E-state index contributed by atoms with van der Waals surface area (Å²) in [5.41, 5.74) is 0. The summed E-state index contributed by atoms with van der Waals surface area (Å²) in [6, 6.07) is 1.02. The Hall–Kier alpha value is -1.10. The molecule has 1 N–H and O–H groups in total. The van der Waals surface area contributed by atoms with Crippen molar-refractivity contribution in [3.63, 3.8) is 0 Å². The summed E-state index contributed by atoms with van der Waals surface area (Å²) in [4.78, 5) is 29.1. The Morgan fingerprint density at radius 1 is 1.17 bits per heavy atom. The highest BCUT2D eigenvalue weighted by atomic mass is 16.2. The highest BCUT2D eigenvalue weighted by Crippen LogP contribution is 2.43. The second-order valence-electron chi connectivity index (χ2n) is 7.77. The van der Waals surface area contributed by atoms with Crippen LogP contribution < -0.4 is 5.32 Å². The number of hydrogen-bond donors (Lipinski definition) is 1. The molecule has 3 heterocycles. The van der Waals surface area contributed by atoms with Crippen LogP contribution in [0.4, 0.5) is 0 Å². The minimum atomic E-state index is 0.111. The number of rotatable bonds is 5. The molecule has 2 amide bonds. The Labute approximate surface area is 146 Å². The third-order valence-electron chi connectivity index (χ3n) is 6.48. The van der Waals surface area contributed by atoms with Crippen LogP contribution in [0.15, 0.2) is 0 Å². The van der Waals surface area contributed by atoms with Gasteiger partial charge in [-0.3, -0.25) is 14.5 Å². The highest BCUT2D eigenvalue weighted by Gasteiger charge is 2.49. The first-order valence-corrected chi connectivity index (χ1v) is 9.89. The summed E-state index contributed by atoms with van der Waals surface area (Å²) < 4.78 is 0. The van der Waals surface area contributed by atoms with Crippen molar-refractivity contribution in [2.75, 3.05) is 26.7 Å². The average molecular weight is 335 g/mol. The van der Waals surface area contributed by atoms with Gasteiger partial charge in [0.1, 0.15) is 0 Å². The number of piperidine rings is 3. The van der Waals surface area contributed by atoms with Crippen LogP contribution in [-0.4, -0.2) is 60.4 Å². The highest BCUT2D eigenvalue weighted by molar-refractivity contribution is 5.76. The Balaban J connectivity index is 1.75. The predicted octanol–water partition coefficient (Wildman–Crippen LogP) is 2.01. The molecule has 3 rings (SSSR count). The van der Waals surface area contributed by atoms with Crippen molar-refractivity contribution >= 4 is 11.8 Å². The Kier molecular flexibility index (Phi) is 5.80. The normalized spacial score (nSPS) is 33.0. The molecule has 3 aliphatic heterocycles. The quantitative estimate of drug-likeness (QED) is 0.836. The first kappa shape index (κ1) is 17.7. The van der Waals surface area contributed by atoms with E-state index < -0.39 is 0 Å². The lowest BCUT2D eigenvalue weighted by Gasteiger charge is -2.57. The molecule has 0 spiro atoms. The maximum absolute atomic E-state index is 12.6. The van der Waals surface area contributed by atoms with Gasteiger partial charge >= 0.3 is 0 Å². The molecule has 0 unspecified atom stereocenters. The summed E-state index contributed by atoms with van der Waals surface area (Å²) in [5.74, 6) is 1.69. The van der Waals surface area contributed by atoms with E-state index in [1.807, 2.05) is 6.92 Å². The lowest BCUT2D eigenvalue weighted by molar-refractivity contribution is -0.146. The van der Waals surface area contributed by atoms with Crippen molar-refractivity contribution in [2.45, 2.75) is 70.4 Å². The molecule has 0 bridgehead atoms. The fraction of sp³-hybridized carbons (Fsp3) is 0.895. The van der Waals surface area contributed by atoms with Crippen molar-refractivity contribution in [1.29, 1.82) is 0 Å². The third-order valence-corrected chi connectivity index (χ3v) is 6.48. The van der Waals surface area contributed by atoms with E-state index in [1.54, 1.807) is 7.05 Å². The van der Waals surface area contributed by atoms with Crippen LogP contribution in [0.5, 0.6) is 0 Å². The Morgan fingerprint density at radius 2 is 1.92 bits per heavy atom. The van der Waals surface area contributed by atoms with Gasteiger partial charge in [-0.15, -0.1) is 0 Å². The van der Waals surface area contributed by atoms with Crippen LogP contribution in [-0.2, 0) is 9.59 Å². The van der Waals surface area contributed by atoms with Gasteiger partial charge in [0.05, 0.1) is 0 Å². The van der Waals surface area contributed by atoms with Crippen LogP contribution >= 0.6 is 0 Å². The van der Waals surface area contributed by atoms with E-state index in [0.29, 0.717) is 42.7 Å².